The summed E-state index contributed by atoms with van der Waals surface area (Å²) in [5.41, 5.74) is 2.30. The van der Waals surface area contributed by atoms with Crippen LogP contribution in [0.4, 0.5) is 0 Å². The minimum absolute atomic E-state index is 0.201. The van der Waals surface area contributed by atoms with Crippen LogP contribution >= 0.6 is 0 Å². The van der Waals surface area contributed by atoms with Crippen molar-refractivity contribution >= 4 is 0 Å². The second kappa shape index (κ2) is 6.15. The summed E-state index contributed by atoms with van der Waals surface area (Å²) in [5, 5.41) is 4.32. The predicted octanol–water partition coefficient (Wildman–Crippen LogP) is 1.49. The predicted molar refractivity (Wildman–Crippen MR) is 76.2 cm³/mol. The molecule has 0 radical (unpaired) electrons. The van der Waals surface area contributed by atoms with Gasteiger partial charge in [0, 0.05) is 32.0 Å². The van der Waals surface area contributed by atoms with Crippen molar-refractivity contribution < 1.29 is 4.74 Å². The van der Waals surface area contributed by atoms with E-state index < -0.39 is 0 Å². The van der Waals surface area contributed by atoms with Gasteiger partial charge in [0.15, 0.2) is 0 Å². The monoisotopic (exact) mass is 272 g/mol. The van der Waals surface area contributed by atoms with E-state index in [1.807, 2.05) is 29.2 Å². The zero-order chi connectivity index (χ0) is 13.8. The average Bonchev–Trinajstić information content (AvgIpc) is 2.86. The molecule has 1 aliphatic rings. The molecule has 0 amide bonds. The maximum atomic E-state index is 5.84. The van der Waals surface area contributed by atoms with Crippen molar-refractivity contribution in [1.29, 1.82) is 0 Å². The van der Waals surface area contributed by atoms with E-state index in [9.17, 15) is 0 Å². The Bertz CT molecular complexity index is 540. The molecule has 106 valence electrons. The molecule has 1 atom stereocenters. The Balaban J connectivity index is 1.56. The number of aromatic nitrogens is 3. The van der Waals surface area contributed by atoms with Gasteiger partial charge in [0.2, 0.25) is 0 Å². The molecule has 0 spiro atoms. The maximum Gasteiger partial charge on any atom is 0.0898 e. The lowest BCUT2D eigenvalue weighted by molar-refractivity contribution is -0.0405. The molecular formula is C15H20N4O. The molecule has 2 aromatic heterocycles. The molecule has 5 nitrogen and oxygen atoms in total. The van der Waals surface area contributed by atoms with E-state index in [-0.39, 0.29) is 6.10 Å². The van der Waals surface area contributed by atoms with E-state index in [1.165, 1.54) is 5.56 Å². The van der Waals surface area contributed by atoms with Gasteiger partial charge in [-0.15, -0.1) is 0 Å². The summed E-state index contributed by atoms with van der Waals surface area (Å²) in [4.78, 5) is 6.78. The van der Waals surface area contributed by atoms with Gasteiger partial charge in [-0.2, -0.15) is 5.10 Å². The molecule has 0 saturated carbocycles. The van der Waals surface area contributed by atoms with Gasteiger partial charge in [0.1, 0.15) is 0 Å². The molecule has 0 aliphatic carbocycles. The summed E-state index contributed by atoms with van der Waals surface area (Å²) in [6.07, 6.45) is 5.99. The Labute approximate surface area is 119 Å². The standard InChI is InChI=1S/C15H20N4O/c1-13-8-17-19(9-13)12-15-11-18(6-7-20-15)10-14-4-2-3-5-16-14/h2-5,8-9,15H,6-7,10-12H2,1H3/t15-/m1/s1. The molecule has 3 rings (SSSR count). The van der Waals surface area contributed by atoms with Gasteiger partial charge in [-0.1, -0.05) is 6.07 Å². The smallest absolute Gasteiger partial charge is 0.0898 e. The molecule has 0 unspecified atom stereocenters. The van der Waals surface area contributed by atoms with Crippen LogP contribution in [-0.2, 0) is 17.8 Å². The average molecular weight is 272 g/mol. The highest BCUT2D eigenvalue weighted by atomic mass is 16.5. The molecule has 3 heterocycles. The molecule has 1 fully saturated rings. The normalized spacial score (nSPS) is 20.1. The first-order valence-corrected chi connectivity index (χ1v) is 7.02. The lowest BCUT2D eigenvalue weighted by Crippen LogP contribution is -2.43. The van der Waals surface area contributed by atoms with E-state index in [0.717, 1.165) is 38.5 Å². The summed E-state index contributed by atoms with van der Waals surface area (Å²) in [6.45, 7) is 6.42. The first-order valence-electron chi connectivity index (χ1n) is 7.02. The van der Waals surface area contributed by atoms with E-state index in [4.69, 9.17) is 4.74 Å². The Morgan fingerprint density at radius 3 is 3.10 bits per heavy atom. The highest BCUT2D eigenvalue weighted by Gasteiger charge is 2.21. The molecule has 1 aliphatic heterocycles. The Morgan fingerprint density at radius 2 is 2.35 bits per heavy atom. The number of aryl methyl sites for hydroxylation is 1. The zero-order valence-electron chi connectivity index (χ0n) is 11.8. The number of nitrogens with zero attached hydrogens (tertiary/aromatic N) is 4. The van der Waals surface area contributed by atoms with Crippen LogP contribution < -0.4 is 0 Å². The third kappa shape index (κ3) is 3.43. The van der Waals surface area contributed by atoms with Gasteiger partial charge in [-0.3, -0.25) is 14.6 Å². The summed E-state index contributed by atoms with van der Waals surface area (Å²) in [5.74, 6) is 0. The van der Waals surface area contributed by atoms with Crippen LogP contribution in [0.5, 0.6) is 0 Å². The Hall–Kier alpha value is -1.72. The van der Waals surface area contributed by atoms with Crippen LogP contribution in [-0.4, -0.2) is 45.5 Å². The summed E-state index contributed by atoms with van der Waals surface area (Å²) >= 11 is 0. The van der Waals surface area contributed by atoms with Gasteiger partial charge in [0.25, 0.3) is 0 Å². The summed E-state index contributed by atoms with van der Waals surface area (Å²) < 4.78 is 7.80. The van der Waals surface area contributed by atoms with Crippen LogP contribution in [0.3, 0.4) is 0 Å². The molecule has 0 bridgehead atoms. The minimum Gasteiger partial charge on any atom is -0.374 e. The van der Waals surface area contributed by atoms with Crippen LogP contribution in [0.25, 0.3) is 0 Å². The van der Waals surface area contributed by atoms with E-state index in [1.54, 1.807) is 0 Å². The van der Waals surface area contributed by atoms with E-state index >= 15 is 0 Å². The first-order chi connectivity index (χ1) is 9.79. The third-order valence-corrected chi connectivity index (χ3v) is 3.49. The fraction of sp³-hybridized carbons (Fsp3) is 0.467. The number of ether oxygens (including phenoxy) is 1. The van der Waals surface area contributed by atoms with Gasteiger partial charge in [0.05, 0.1) is 31.1 Å². The van der Waals surface area contributed by atoms with Crippen molar-refractivity contribution in [2.24, 2.45) is 0 Å². The van der Waals surface area contributed by atoms with Crippen molar-refractivity contribution in [3.8, 4) is 0 Å². The fourth-order valence-corrected chi connectivity index (χ4v) is 2.53. The largest absolute Gasteiger partial charge is 0.374 e. The van der Waals surface area contributed by atoms with Gasteiger partial charge in [-0.25, -0.2) is 0 Å². The molecule has 5 heteroatoms. The maximum absolute atomic E-state index is 5.84. The SMILES string of the molecule is Cc1cnn(C[C@H]2CN(Cc3ccccn3)CCO2)c1. The topological polar surface area (TPSA) is 43.2 Å². The molecule has 20 heavy (non-hydrogen) atoms. The quantitative estimate of drug-likeness (QED) is 0.846. The van der Waals surface area contributed by atoms with Crippen LogP contribution in [0.2, 0.25) is 0 Å². The number of rotatable bonds is 4. The van der Waals surface area contributed by atoms with Crippen molar-refractivity contribution in [2.45, 2.75) is 26.1 Å². The minimum atomic E-state index is 0.201. The lowest BCUT2D eigenvalue weighted by Gasteiger charge is -2.32. The third-order valence-electron chi connectivity index (χ3n) is 3.49. The van der Waals surface area contributed by atoms with Crippen molar-refractivity contribution in [3.63, 3.8) is 0 Å². The Kier molecular flexibility index (Phi) is 4.08. The number of pyridine rings is 1. The molecule has 0 aromatic carbocycles. The van der Waals surface area contributed by atoms with Crippen LogP contribution in [0.15, 0.2) is 36.8 Å². The van der Waals surface area contributed by atoms with Crippen molar-refractivity contribution in [1.82, 2.24) is 19.7 Å². The number of hydrogen-bond acceptors (Lipinski definition) is 4. The summed E-state index contributed by atoms with van der Waals surface area (Å²) in [7, 11) is 0. The van der Waals surface area contributed by atoms with Crippen LogP contribution in [0.1, 0.15) is 11.3 Å². The number of hydrogen-bond donors (Lipinski definition) is 0. The second-order valence-electron chi connectivity index (χ2n) is 5.29. The van der Waals surface area contributed by atoms with E-state index in [2.05, 4.69) is 34.2 Å². The molecule has 0 N–H and O–H groups in total. The fourth-order valence-electron chi connectivity index (χ4n) is 2.53. The lowest BCUT2D eigenvalue weighted by atomic mass is 10.2. The summed E-state index contributed by atoms with van der Waals surface area (Å²) in [6, 6.07) is 6.06. The second-order valence-corrected chi connectivity index (χ2v) is 5.29. The van der Waals surface area contributed by atoms with Gasteiger partial charge >= 0.3 is 0 Å². The van der Waals surface area contributed by atoms with E-state index in [0.29, 0.717) is 0 Å². The number of morpholine rings is 1. The highest BCUT2D eigenvalue weighted by Crippen LogP contribution is 2.10. The molecular weight excluding hydrogens is 252 g/mol. The highest BCUT2D eigenvalue weighted by molar-refractivity contribution is 5.03. The van der Waals surface area contributed by atoms with Crippen LogP contribution in [0, 0.1) is 6.92 Å². The first kappa shape index (κ1) is 13.3. The van der Waals surface area contributed by atoms with Gasteiger partial charge in [-0.05, 0) is 24.6 Å². The van der Waals surface area contributed by atoms with Crippen molar-refractivity contribution in [2.75, 3.05) is 19.7 Å². The van der Waals surface area contributed by atoms with Crippen molar-refractivity contribution in [3.05, 3.63) is 48.0 Å². The van der Waals surface area contributed by atoms with Gasteiger partial charge < -0.3 is 4.74 Å². The Morgan fingerprint density at radius 1 is 1.40 bits per heavy atom. The molecule has 1 saturated heterocycles. The zero-order valence-corrected chi connectivity index (χ0v) is 11.8. The molecule has 2 aromatic rings.